The second-order valence-electron chi connectivity index (χ2n) is 3.62. The molecule has 0 aliphatic heterocycles. The molecule has 2 nitrogen and oxygen atoms in total. The fourth-order valence-corrected chi connectivity index (χ4v) is 1.60. The van der Waals surface area contributed by atoms with Gasteiger partial charge in [-0.25, -0.2) is 0 Å². The molecule has 2 atom stereocenters. The molecule has 0 aromatic heterocycles. The number of halogens is 2. The molecule has 0 bridgehead atoms. The van der Waals surface area contributed by atoms with Crippen molar-refractivity contribution >= 4 is 5.97 Å². The van der Waals surface area contributed by atoms with E-state index in [-0.39, 0.29) is 0 Å². The lowest BCUT2D eigenvalue weighted by atomic mass is 10.1. The van der Waals surface area contributed by atoms with Crippen molar-refractivity contribution in [3.8, 4) is 0 Å². The number of carboxylic acid groups (broad SMARTS) is 1. The zero-order valence-electron chi connectivity index (χ0n) is 6.84. The highest BCUT2D eigenvalue weighted by molar-refractivity contribution is 5.76. The molecule has 1 rings (SSSR count). The molecule has 0 spiro atoms. The Morgan fingerprint density at radius 2 is 2.00 bits per heavy atom. The summed E-state index contributed by atoms with van der Waals surface area (Å²) in [4.78, 5) is 10.5. The standard InChI is InChI=1S/C8H10F2O2/c1-8(2)4(3-5(9)10)6(8)7(11)12/h3-4,6H,1-2H3,(H,11,12)/t4?,6-/m0/s1. The van der Waals surface area contributed by atoms with Crippen LogP contribution in [-0.2, 0) is 4.79 Å². The third-order valence-corrected chi connectivity index (χ3v) is 2.48. The first-order valence-corrected chi connectivity index (χ1v) is 3.63. The lowest BCUT2D eigenvalue weighted by Gasteiger charge is -1.95. The van der Waals surface area contributed by atoms with E-state index in [1.165, 1.54) is 0 Å². The molecule has 4 heteroatoms. The fourth-order valence-electron chi connectivity index (χ4n) is 1.60. The van der Waals surface area contributed by atoms with Crippen LogP contribution >= 0.6 is 0 Å². The van der Waals surface area contributed by atoms with Gasteiger partial charge in [-0.2, -0.15) is 8.78 Å². The molecule has 68 valence electrons. The first-order chi connectivity index (χ1) is 5.37. The van der Waals surface area contributed by atoms with Gasteiger partial charge in [-0.15, -0.1) is 0 Å². The van der Waals surface area contributed by atoms with Gasteiger partial charge in [0.05, 0.1) is 5.92 Å². The number of allylic oxidation sites excluding steroid dienone is 1. The zero-order chi connectivity index (χ0) is 9.52. The minimum atomic E-state index is -1.79. The topological polar surface area (TPSA) is 37.3 Å². The molecule has 1 saturated carbocycles. The zero-order valence-corrected chi connectivity index (χ0v) is 6.84. The van der Waals surface area contributed by atoms with E-state index >= 15 is 0 Å². The van der Waals surface area contributed by atoms with Crippen LogP contribution in [0.2, 0.25) is 0 Å². The van der Waals surface area contributed by atoms with Crippen molar-refractivity contribution in [2.75, 3.05) is 0 Å². The second-order valence-corrected chi connectivity index (χ2v) is 3.62. The Labute approximate surface area is 68.9 Å². The fraction of sp³-hybridized carbons (Fsp3) is 0.625. The van der Waals surface area contributed by atoms with Crippen molar-refractivity contribution in [3.05, 3.63) is 12.2 Å². The summed E-state index contributed by atoms with van der Waals surface area (Å²) in [6.07, 6.45) is -1.06. The molecule has 1 aliphatic carbocycles. The SMILES string of the molecule is CC1(C)C(C=C(F)F)[C@H]1C(=O)O. The van der Waals surface area contributed by atoms with Gasteiger partial charge in [0.1, 0.15) is 0 Å². The van der Waals surface area contributed by atoms with E-state index in [0.29, 0.717) is 0 Å². The average Bonchev–Trinajstić information content (AvgIpc) is 2.32. The Hall–Kier alpha value is -0.930. The minimum absolute atomic E-state index is 0.514. The molecule has 1 N–H and O–H groups in total. The Bertz CT molecular complexity index is 241. The smallest absolute Gasteiger partial charge is 0.307 e. The summed E-state index contributed by atoms with van der Waals surface area (Å²) in [5.41, 5.74) is -0.519. The predicted molar refractivity (Wildman–Crippen MR) is 38.7 cm³/mol. The maximum absolute atomic E-state index is 11.8. The van der Waals surface area contributed by atoms with Crippen molar-refractivity contribution in [2.24, 2.45) is 17.3 Å². The van der Waals surface area contributed by atoms with E-state index in [1.807, 2.05) is 0 Å². The van der Waals surface area contributed by atoms with Crippen LogP contribution in [0.1, 0.15) is 13.8 Å². The largest absolute Gasteiger partial charge is 0.481 e. The van der Waals surface area contributed by atoms with E-state index in [4.69, 9.17) is 5.11 Å². The van der Waals surface area contributed by atoms with E-state index in [0.717, 1.165) is 6.08 Å². The van der Waals surface area contributed by atoms with Crippen molar-refractivity contribution in [3.63, 3.8) is 0 Å². The molecule has 1 aliphatic rings. The summed E-state index contributed by atoms with van der Waals surface area (Å²) in [5, 5.41) is 8.60. The van der Waals surface area contributed by atoms with Gasteiger partial charge in [0.15, 0.2) is 0 Å². The summed E-state index contributed by atoms with van der Waals surface area (Å²) in [5.74, 6) is -2.17. The van der Waals surface area contributed by atoms with Gasteiger partial charge >= 0.3 is 5.97 Å². The summed E-state index contributed by atoms with van der Waals surface area (Å²) in [7, 11) is 0. The first kappa shape index (κ1) is 9.16. The molecular formula is C8H10F2O2. The molecule has 0 heterocycles. The van der Waals surface area contributed by atoms with E-state index in [1.54, 1.807) is 13.8 Å². The summed E-state index contributed by atoms with van der Waals surface area (Å²) < 4.78 is 23.5. The van der Waals surface area contributed by atoms with Crippen LogP contribution in [-0.4, -0.2) is 11.1 Å². The Morgan fingerprint density at radius 1 is 1.50 bits per heavy atom. The molecule has 0 aromatic rings. The summed E-state index contributed by atoms with van der Waals surface area (Å²) >= 11 is 0. The molecule has 1 unspecified atom stereocenters. The van der Waals surface area contributed by atoms with Crippen LogP contribution in [0.3, 0.4) is 0 Å². The number of aliphatic carboxylic acids is 1. The predicted octanol–water partition coefficient (Wildman–Crippen LogP) is 2.12. The highest BCUT2D eigenvalue weighted by atomic mass is 19.3. The molecule has 0 aromatic carbocycles. The van der Waals surface area contributed by atoms with Crippen molar-refractivity contribution in [1.29, 1.82) is 0 Å². The van der Waals surface area contributed by atoms with Crippen LogP contribution in [0.5, 0.6) is 0 Å². The summed E-state index contributed by atoms with van der Waals surface area (Å²) in [6.45, 7) is 3.35. The minimum Gasteiger partial charge on any atom is -0.481 e. The number of carboxylic acids is 1. The van der Waals surface area contributed by atoms with E-state index in [9.17, 15) is 13.6 Å². The van der Waals surface area contributed by atoms with Crippen LogP contribution in [0, 0.1) is 17.3 Å². The van der Waals surface area contributed by atoms with Crippen LogP contribution in [0.15, 0.2) is 12.2 Å². The molecule has 0 saturated heterocycles. The number of rotatable bonds is 2. The normalized spacial score (nSPS) is 31.0. The van der Waals surface area contributed by atoms with E-state index in [2.05, 4.69) is 0 Å². The van der Waals surface area contributed by atoms with Gasteiger partial charge in [-0.1, -0.05) is 13.8 Å². The van der Waals surface area contributed by atoms with Crippen LogP contribution < -0.4 is 0 Å². The second kappa shape index (κ2) is 2.54. The van der Waals surface area contributed by atoms with Gasteiger partial charge in [-0.05, 0) is 11.5 Å². The van der Waals surface area contributed by atoms with Gasteiger partial charge < -0.3 is 5.11 Å². The maximum atomic E-state index is 11.8. The Balaban J connectivity index is 2.73. The number of carbonyl (C=O) groups is 1. The monoisotopic (exact) mass is 176 g/mol. The van der Waals surface area contributed by atoms with Crippen molar-refractivity contribution in [2.45, 2.75) is 13.8 Å². The average molecular weight is 176 g/mol. The first-order valence-electron chi connectivity index (χ1n) is 3.63. The summed E-state index contributed by atoms with van der Waals surface area (Å²) in [6, 6.07) is 0. The van der Waals surface area contributed by atoms with Gasteiger partial charge in [-0.3, -0.25) is 4.79 Å². The third-order valence-electron chi connectivity index (χ3n) is 2.48. The molecular weight excluding hydrogens is 166 g/mol. The lowest BCUT2D eigenvalue weighted by molar-refractivity contribution is -0.139. The van der Waals surface area contributed by atoms with Crippen LogP contribution in [0.4, 0.5) is 8.78 Å². The highest BCUT2D eigenvalue weighted by Gasteiger charge is 2.61. The van der Waals surface area contributed by atoms with Crippen molar-refractivity contribution in [1.82, 2.24) is 0 Å². The molecule has 0 radical (unpaired) electrons. The molecule has 0 amide bonds. The van der Waals surface area contributed by atoms with Gasteiger partial charge in [0.25, 0.3) is 6.08 Å². The highest BCUT2D eigenvalue weighted by Crippen LogP contribution is 2.59. The number of hydrogen-bond donors (Lipinski definition) is 1. The third kappa shape index (κ3) is 1.33. The van der Waals surface area contributed by atoms with E-state index < -0.39 is 29.3 Å². The maximum Gasteiger partial charge on any atom is 0.307 e. The van der Waals surface area contributed by atoms with Gasteiger partial charge in [0.2, 0.25) is 0 Å². The number of hydrogen-bond acceptors (Lipinski definition) is 1. The van der Waals surface area contributed by atoms with Crippen molar-refractivity contribution < 1.29 is 18.7 Å². The quantitative estimate of drug-likeness (QED) is 0.699. The molecule has 1 fully saturated rings. The lowest BCUT2D eigenvalue weighted by Crippen LogP contribution is -2.02. The van der Waals surface area contributed by atoms with Gasteiger partial charge in [0, 0.05) is 5.92 Å². The van der Waals surface area contributed by atoms with Crippen LogP contribution in [0.25, 0.3) is 0 Å². The Kier molecular flexibility index (Phi) is 1.94. The molecule has 12 heavy (non-hydrogen) atoms. The Morgan fingerprint density at radius 3 is 2.25 bits per heavy atom.